The summed E-state index contributed by atoms with van der Waals surface area (Å²) in [6.07, 6.45) is 2.11. The van der Waals surface area contributed by atoms with Crippen LogP contribution in [0.2, 0.25) is 0 Å². The highest BCUT2D eigenvalue weighted by Gasteiger charge is 2.38. The van der Waals surface area contributed by atoms with Crippen LogP contribution in [0.25, 0.3) is 0 Å². The van der Waals surface area contributed by atoms with E-state index in [4.69, 9.17) is 9.47 Å². The molecule has 0 spiro atoms. The number of nitrogens with zero attached hydrogens (tertiary/aromatic N) is 1. The summed E-state index contributed by atoms with van der Waals surface area (Å²) in [5.74, 6) is 0. The lowest BCUT2D eigenvalue weighted by molar-refractivity contribution is 0.00610. The van der Waals surface area contributed by atoms with Crippen LogP contribution in [-0.2, 0) is 9.47 Å². The lowest BCUT2D eigenvalue weighted by Crippen LogP contribution is -2.39. The molecule has 0 aromatic carbocycles. The van der Waals surface area contributed by atoms with Crippen molar-refractivity contribution < 1.29 is 9.47 Å². The van der Waals surface area contributed by atoms with Crippen molar-refractivity contribution in [1.82, 2.24) is 4.90 Å². The predicted octanol–water partition coefficient (Wildman–Crippen LogP) is 0.885. The Morgan fingerprint density at radius 3 is 2.92 bits per heavy atom. The molecule has 2 fully saturated rings. The molecule has 2 bridgehead atoms. The Kier molecular flexibility index (Phi) is 2.86. The molecule has 0 N–H and O–H groups in total. The van der Waals surface area contributed by atoms with Crippen LogP contribution in [0, 0.1) is 0 Å². The maximum absolute atomic E-state index is 5.53. The van der Waals surface area contributed by atoms with Crippen LogP contribution in [0.3, 0.4) is 0 Å². The quantitative estimate of drug-likeness (QED) is 0.649. The SMILES string of the molecule is CC(C)OCCN1C[C@H]2C[C@@H]1CO2. The van der Waals surface area contributed by atoms with Gasteiger partial charge < -0.3 is 9.47 Å². The lowest BCUT2D eigenvalue weighted by Gasteiger charge is -2.26. The van der Waals surface area contributed by atoms with Gasteiger partial charge >= 0.3 is 0 Å². The fourth-order valence-electron chi connectivity index (χ4n) is 2.16. The van der Waals surface area contributed by atoms with Crippen LogP contribution in [-0.4, -0.2) is 49.5 Å². The highest BCUT2D eigenvalue weighted by molar-refractivity contribution is 4.91. The van der Waals surface area contributed by atoms with Gasteiger partial charge in [-0.1, -0.05) is 0 Å². The van der Waals surface area contributed by atoms with E-state index >= 15 is 0 Å². The minimum Gasteiger partial charge on any atom is -0.377 e. The average molecular weight is 185 g/mol. The van der Waals surface area contributed by atoms with Gasteiger partial charge in [-0.25, -0.2) is 0 Å². The van der Waals surface area contributed by atoms with Crippen LogP contribution in [0.5, 0.6) is 0 Å². The summed E-state index contributed by atoms with van der Waals surface area (Å²) in [6, 6.07) is 0.681. The van der Waals surface area contributed by atoms with Crippen molar-refractivity contribution >= 4 is 0 Å². The minimum absolute atomic E-state index is 0.357. The van der Waals surface area contributed by atoms with Gasteiger partial charge in [-0.15, -0.1) is 0 Å². The van der Waals surface area contributed by atoms with Crippen molar-refractivity contribution in [2.24, 2.45) is 0 Å². The second-order valence-electron chi connectivity index (χ2n) is 4.26. The first-order valence-electron chi connectivity index (χ1n) is 5.23. The molecule has 2 atom stereocenters. The van der Waals surface area contributed by atoms with Crippen molar-refractivity contribution in [1.29, 1.82) is 0 Å². The van der Waals surface area contributed by atoms with Gasteiger partial charge in [0, 0.05) is 19.1 Å². The van der Waals surface area contributed by atoms with Crippen molar-refractivity contribution in [2.75, 3.05) is 26.3 Å². The summed E-state index contributed by atoms with van der Waals surface area (Å²) in [6.45, 7) is 8.15. The zero-order valence-electron chi connectivity index (χ0n) is 8.53. The molecule has 0 aliphatic carbocycles. The second-order valence-corrected chi connectivity index (χ2v) is 4.26. The first-order valence-corrected chi connectivity index (χ1v) is 5.23. The molecule has 0 unspecified atom stereocenters. The minimum atomic E-state index is 0.357. The van der Waals surface area contributed by atoms with Crippen molar-refractivity contribution in [3.05, 3.63) is 0 Å². The summed E-state index contributed by atoms with van der Waals surface area (Å²) in [5, 5.41) is 0. The number of hydrogen-bond acceptors (Lipinski definition) is 3. The highest BCUT2D eigenvalue weighted by Crippen LogP contribution is 2.26. The van der Waals surface area contributed by atoms with Crippen molar-refractivity contribution in [3.8, 4) is 0 Å². The number of likely N-dealkylation sites (tertiary alicyclic amines) is 1. The lowest BCUT2D eigenvalue weighted by atomic mass is 10.2. The van der Waals surface area contributed by atoms with E-state index in [0.29, 0.717) is 18.2 Å². The van der Waals surface area contributed by atoms with Gasteiger partial charge in [-0.2, -0.15) is 0 Å². The molecule has 2 saturated heterocycles. The molecular weight excluding hydrogens is 166 g/mol. The standard InChI is InChI=1S/C10H19NO2/c1-8(2)12-4-3-11-6-10-5-9(11)7-13-10/h8-10H,3-7H2,1-2H3/t9-,10-/m1/s1. The second kappa shape index (κ2) is 3.95. The molecule has 0 aromatic rings. The molecule has 76 valence electrons. The first-order chi connectivity index (χ1) is 6.25. The zero-order valence-corrected chi connectivity index (χ0v) is 8.53. The number of hydrogen-bond donors (Lipinski definition) is 0. The largest absolute Gasteiger partial charge is 0.377 e. The summed E-state index contributed by atoms with van der Waals surface area (Å²) in [7, 11) is 0. The maximum atomic E-state index is 5.53. The molecule has 3 nitrogen and oxygen atoms in total. The van der Waals surface area contributed by atoms with Gasteiger partial charge in [-0.05, 0) is 20.3 Å². The van der Waals surface area contributed by atoms with Crippen LogP contribution in [0.1, 0.15) is 20.3 Å². The Morgan fingerprint density at radius 2 is 2.38 bits per heavy atom. The van der Waals surface area contributed by atoms with E-state index < -0.39 is 0 Å². The number of morpholine rings is 1. The van der Waals surface area contributed by atoms with E-state index in [2.05, 4.69) is 18.7 Å². The fourth-order valence-corrected chi connectivity index (χ4v) is 2.16. The Labute approximate surface area is 80.0 Å². The average Bonchev–Trinajstić information content (AvgIpc) is 2.64. The third kappa shape index (κ3) is 2.22. The molecule has 0 amide bonds. The van der Waals surface area contributed by atoms with Gasteiger partial charge in [0.05, 0.1) is 25.4 Å². The van der Waals surface area contributed by atoms with Gasteiger partial charge in [0.2, 0.25) is 0 Å². The molecular formula is C10H19NO2. The zero-order chi connectivity index (χ0) is 9.26. The highest BCUT2D eigenvalue weighted by atomic mass is 16.5. The van der Waals surface area contributed by atoms with Crippen molar-refractivity contribution in [2.45, 2.75) is 38.5 Å². The molecule has 13 heavy (non-hydrogen) atoms. The molecule has 2 heterocycles. The van der Waals surface area contributed by atoms with E-state index in [1.165, 1.54) is 6.42 Å². The summed E-state index contributed by atoms with van der Waals surface area (Å²) < 4.78 is 11.1. The van der Waals surface area contributed by atoms with Gasteiger partial charge in [0.15, 0.2) is 0 Å². The van der Waals surface area contributed by atoms with Crippen molar-refractivity contribution in [3.63, 3.8) is 0 Å². The van der Waals surface area contributed by atoms with Crippen LogP contribution < -0.4 is 0 Å². The summed E-state index contributed by atoms with van der Waals surface area (Å²) >= 11 is 0. The first kappa shape index (κ1) is 9.44. The molecule has 2 aliphatic heterocycles. The number of ether oxygens (including phenoxy) is 2. The maximum Gasteiger partial charge on any atom is 0.0718 e. The number of rotatable bonds is 4. The Hall–Kier alpha value is -0.120. The van der Waals surface area contributed by atoms with E-state index in [9.17, 15) is 0 Å². The van der Waals surface area contributed by atoms with Gasteiger partial charge in [0.1, 0.15) is 0 Å². The molecule has 0 saturated carbocycles. The molecule has 0 aromatic heterocycles. The Morgan fingerprint density at radius 1 is 1.54 bits per heavy atom. The van der Waals surface area contributed by atoms with Gasteiger partial charge in [0.25, 0.3) is 0 Å². The Bertz CT molecular complexity index is 172. The van der Waals surface area contributed by atoms with Crippen LogP contribution >= 0.6 is 0 Å². The van der Waals surface area contributed by atoms with Crippen LogP contribution in [0.15, 0.2) is 0 Å². The third-order valence-corrected chi connectivity index (χ3v) is 2.84. The molecule has 3 heteroatoms. The van der Waals surface area contributed by atoms with Crippen LogP contribution in [0.4, 0.5) is 0 Å². The fraction of sp³-hybridized carbons (Fsp3) is 1.00. The third-order valence-electron chi connectivity index (χ3n) is 2.84. The topological polar surface area (TPSA) is 21.7 Å². The monoisotopic (exact) mass is 185 g/mol. The molecule has 0 radical (unpaired) electrons. The summed E-state index contributed by atoms with van der Waals surface area (Å²) in [5.41, 5.74) is 0. The normalized spacial score (nSPS) is 33.5. The van der Waals surface area contributed by atoms with E-state index in [1.54, 1.807) is 0 Å². The van der Waals surface area contributed by atoms with E-state index in [-0.39, 0.29) is 0 Å². The Balaban J connectivity index is 1.66. The van der Waals surface area contributed by atoms with Gasteiger partial charge in [-0.3, -0.25) is 4.90 Å². The molecule has 2 aliphatic rings. The summed E-state index contributed by atoms with van der Waals surface area (Å²) in [4.78, 5) is 2.50. The smallest absolute Gasteiger partial charge is 0.0718 e. The van der Waals surface area contributed by atoms with E-state index in [1.807, 2.05) is 0 Å². The predicted molar refractivity (Wildman–Crippen MR) is 50.8 cm³/mol. The molecule has 2 rings (SSSR count). The number of fused-ring (bicyclic) bond motifs is 2. The van der Waals surface area contributed by atoms with E-state index in [0.717, 1.165) is 26.3 Å².